The molecule has 2 aromatic carbocycles. The average Bonchev–Trinajstić information content (AvgIpc) is 2.63. The van der Waals surface area contributed by atoms with Gasteiger partial charge in [-0.3, -0.25) is 14.2 Å². The second-order valence-electron chi connectivity index (χ2n) is 5.33. The molecule has 0 spiro atoms. The summed E-state index contributed by atoms with van der Waals surface area (Å²) < 4.78 is 14.4. The van der Waals surface area contributed by atoms with Gasteiger partial charge in [-0.25, -0.2) is 9.37 Å². The molecule has 26 heavy (non-hydrogen) atoms. The van der Waals surface area contributed by atoms with E-state index in [0.29, 0.717) is 5.69 Å². The van der Waals surface area contributed by atoms with E-state index in [1.807, 2.05) is 12.1 Å². The van der Waals surface area contributed by atoms with Crippen molar-refractivity contribution in [3.05, 3.63) is 65.0 Å². The van der Waals surface area contributed by atoms with Crippen LogP contribution >= 0.6 is 11.8 Å². The number of hydrogen-bond donors (Lipinski definition) is 1. The molecule has 3 rings (SSSR count). The first kappa shape index (κ1) is 17.6. The van der Waals surface area contributed by atoms with Crippen LogP contribution < -0.4 is 10.9 Å². The van der Waals surface area contributed by atoms with Crippen molar-refractivity contribution in [1.29, 1.82) is 5.26 Å². The van der Waals surface area contributed by atoms with Gasteiger partial charge in [0.25, 0.3) is 5.56 Å². The van der Waals surface area contributed by atoms with E-state index in [9.17, 15) is 14.0 Å². The molecule has 8 heteroatoms. The zero-order valence-electron chi connectivity index (χ0n) is 13.5. The van der Waals surface area contributed by atoms with E-state index in [1.54, 1.807) is 18.2 Å². The minimum absolute atomic E-state index is 0.226. The lowest BCUT2D eigenvalue weighted by Crippen LogP contribution is -2.28. The summed E-state index contributed by atoms with van der Waals surface area (Å²) in [7, 11) is 0. The van der Waals surface area contributed by atoms with Gasteiger partial charge in [-0.15, -0.1) is 11.8 Å². The number of fused-ring (bicyclic) bond motifs is 1. The van der Waals surface area contributed by atoms with Gasteiger partial charge in [0, 0.05) is 11.0 Å². The Bertz CT molecular complexity index is 1070. The van der Waals surface area contributed by atoms with Crippen LogP contribution in [0.1, 0.15) is 0 Å². The number of thioether (sulfide) groups is 1. The highest BCUT2D eigenvalue weighted by Gasteiger charge is 2.11. The van der Waals surface area contributed by atoms with E-state index in [1.165, 1.54) is 40.9 Å². The molecule has 0 unspecified atom stereocenters. The van der Waals surface area contributed by atoms with Crippen LogP contribution in [0.5, 0.6) is 0 Å². The second kappa shape index (κ2) is 7.80. The normalized spacial score (nSPS) is 10.5. The molecule has 0 saturated carbocycles. The Morgan fingerprint density at radius 3 is 2.92 bits per heavy atom. The van der Waals surface area contributed by atoms with Crippen molar-refractivity contribution in [2.45, 2.75) is 11.4 Å². The van der Waals surface area contributed by atoms with Crippen molar-refractivity contribution in [2.75, 3.05) is 11.1 Å². The summed E-state index contributed by atoms with van der Waals surface area (Å²) in [4.78, 5) is 29.5. The Hall–Kier alpha value is -3.18. The molecule has 0 bridgehead atoms. The predicted molar refractivity (Wildman–Crippen MR) is 97.4 cm³/mol. The molecule has 130 valence electrons. The quantitative estimate of drug-likeness (QED) is 0.700. The van der Waals surface area contributed by atoms with E-state index in [2.05, 4.69) is 10.3 Å². The minimum Gasteiger partial charge on any atom is -0.324 e. The number of benzene rings is 2. The van der Waals surface area contributed by atoms with Crippen molar-refractivity contribution < 1.29 is 9.18 Å². The average molecular weight is 368 g/mol. The van der Waals surface area contributed by atoms with Gasteiger partial charge in [-0.2, -0.15) is 5.26 Å². The smallest absolute Gasteiger partial charge is 0.261 e. The van der Waals surface area contributed by atoms with Crippen LogP contribution in [-0.4, -0.2) is 21.2 Å². The number of nitrogens with one attached hydrogen (secondary N) is 1. The van der Waals surface area contributed by atoms with E-state index < -0.39 is 17.3 Å². The largest absolute Gasteiger partial charge is 0.324 e. The molecule has 0 aliphatic carbocycles. The number of hydrogen-bond acceptors (Lipinski definition) is 5. The topological polar surface area (TPSA) is 87.8 Å². The third-order valence-corrected chi connectivity index (χ3v) is 4.50. The van der Waals surface area contributed by atoms with Crippen LogP contribution in [0.4, 0.5) is 10.1 Å². The Morgan fingerprint density at radius 1 is 1.31 bits per heavy atom. The van der Waals surface area contributed by atoms with Crippen LogP contribution in [-0.2, 0) is 11.3 Å². The van der Waals surface area contributed by atoms with Crippen LogP contribution in [0, 0.1) is 17.1 Å². The summed E-state index contributed by atoms with van der Waals surface area (Å²) >= 11 is 1.31. The molecule has 0 fully saturated rings. The molecule has 0 atom stereocenters. The van der Waals surface area contributed by atoms with Crippen LogP contribution in [0.15, 0.2) is 58.5 Å². The van der Waals surface area contributed by atoms with Crippen molar-refractivity contribution >= 4 is 34.3 Å². The van der Waals surface area contributed by atoms with Crippen LogP contribution in [0.2, 0.25) is 0 Å². The first-order chi connectivity index (χ1) is 12.6. The standard InChI is InChI=1S/C18H13FN4O2S/c19-12-5-6-13-15(9-12)21-11-23(18(13)25)10-17(24)22-14-3-1-2-4-16(14)26-8-7-20/h1-6,9,11H,8,10H2,(H,22,24). The Morgan fingerprint density at radius 2 is 2.12 bits per heavy atom. The van der Waals surface area contributed by atoms with Gasteiger partial charge < -0.3 is 5.32 Å². The van der Waals surface area contributed by atoms with Gasteiger partial charge >= 0.3 is 0 Å². The zero-order valence-corrected chi connectivity index (χ0v) is 14.3. The number of nitrogens with zero attached hydrogens (tertiary/aromatic N) is 3. The SMILES string of the molecule is N#CCSc1ccccc1NC(=O)Cn1cnc2cc(F)ccc2c1=O. The number of rotatable bonds is 5. The lowest BCUT2D eigenvalue weighted by molar-refractivity contribution is -0.116. The van der Waals surface area contributed by atoms with Crippen LogP contribution in [0.3, 0.4) is 0 Å². The van der Waals surface area contributed by atoms with Gasteiger partial charge in [0.2, 0.25) is 5.91 Å². The number of aromatic nitrogens is 2. The maximum atomic E-state index is 13.2. The lowest BCUT2D eigenvalue weighted by Gasteiger charge is -2.11. The summed E-state index contributed by atoms with van der Waals surface area (Å²) in [5, 5.41) is 11.7. The molecule has 1 N–H and O–H groups in total. The summed E-state index contributed by atoms with van der Waals surface area (Å²) in [6, 6.07) is 12.8. The maximum absolute atomic E-state index is 13.2. The first-order valence-corrected chi connectivity index (χ1v) is 8.60. The number of anilines is 1. The highest BCUT2D eigenvalue weighted by atomic mass is 32.2. The van der Waals surface area contributed by atoms with E-state index in [0.717, 1.165) is 4.90 Å². The summed E-state index contributed by atoms with van der Waals surface area (Å²) in [5.41, 5.74) is 0.392. The third kappa shape index (κ3) is 3.90. The number of halogens is 1. The molecule has 6 nitrogen and oxygen atoms in total. The lowest BCUT2D eigenvalue weighted by atomic mass is 10.2. The molecule has 1 amide bonds. The van der Waals surface area contributed by atoms with Crippen molar-refractivity contribution in [3.63, 3.8) is 0 Å². The van der Waals surface area contributed by atoms with Gasteiger partial charge in [0.05, 0.1) is 34.7 Å². The summed E-state index contributed by atoms with van der Waals surface area (Å²) in [6.07, 6.45) is 1.22. The molecule has 1 heterocycles. The molecule has 0 radical (unpaired) electrons. The highest BCUT2D eigenvalue weighted by Crippen LogP contribution is 2.26. The summed E-state index contributed by atoms with van der Waals surface area (Å²) in [6.45, 7) is -0.226. The number of para-hydroxylation sites is 1. The Kier molecular flexibility index (Phi) is 5.29. The van der Waals surface area contributed by atoms with Crippen molar-refractivity contribution in [1.82, 2.24) is 9.55 Å². The molecule has 0 aliphatic rings. The van der Waals surface area contributed by atoms with Gasteiger partial charge in [0.15, 0.2) is 0 Å². The van der Waals surface area contributed by atoms with E-state index >= 15 is 0 Å². The van der Waals surface area contributed by atoms with Gasteiger partial charge in [0.1, 0.15) is 12.4 Å². The van der Waals surface area contributed by atoms with Crippen molar-refractivity contribution in [3.8, 4) is 6.07 Å². The van der Waals surface area contributed by atoms with E-state index in [-0.39, 0.29) is 23.2 Å². The Labute approximate surface area is 152 Å². The number of nitriles is 1. The fraction of sp³-hybridized carbons (Fsp3) is 0.111. The van der Waals surface area contributed by atoms with E-state index in [4.69, 9.17) is 5.26 Å². The molecule has 0 aliphatic heterocycles. The summed E-state index contributed by atoms with van der Waals surface area (Å²) in [5.74, 6) is -0.621. The number of carbonyl (C=O) groups excluding carboxylic acids is 1. The fourth-order valence-corrected chi connectivity index (χ4v) is 3.06. The molecule has 1 aromatic heterocycles. The number of carbonyl (C=O) groups is 1. The van der Waals surface area contributed by atoms with Gasteiger partial charge in [-0.1, -0.05) is 12.1 Å². The molecule has 0 saturated heterocycles. The third-order valence-electron chi connectivity index (χ3n) is 3.55. The highest BCUT2D eigenvalue weighted by molar-refractivity contribution is 7.99. The predicted octanol–water partition coefficient (Wildman–Crippen LogP) is 2.79. The van der Waals surface area contributed by atoms with Gasteiger partial charge in [-0.05, 0) is 24.3 Å². The Balaban J connectivity index is 1.80. The zero-order chi connectivity index (χ0) is 18.5. The fourth-order valence-electron chi connectivity index (χ4n) is 2.39. The molecule has 3 aromatic rings. The number of amides is 1. The van der Waals surface area contributed by atoms with Crippen LogP contribution in [0.25, 0.3) is 10.9 Å². The monoisotopic (exact) mass is 368 g/mol. The maximum Gasteiger partial charge on any atom is 0.261 e. The molecular weight excluding hydrogens is 355 g/mol. The molecular formula is C18H13FN4O2S. The van der Waals surface area contributed by atoms with Crippen molar-refractivity contribution in [2.24, 2.45) is 0 Å². The minimum atomic E-state index is -0.480. The second-order valence-corrected chi connectivity index (χ2v) is 6.35. The first-order valence-electron chi connectivity index (χ1n) is 7.62.